The van der Waals surface area contributed by atoms with Crippen molar-refractivity contribution >= 4 is 5.78 Å². The van der Waals surface area contributed by atoms with Crippen molar-refractivity contribution in [3.63, 3.8) is 0 Å². The van der Waals surface area contributed by atoms with Crippen LogP contribution in [0.15, 0.2) is 11.6 Å². The molecule has 0 unspecified atom stereocenters. The summed E-state index contributed by atoms with van der Waals surface area (Å²) in [5.74, 6) is 1.70. The number of carbonyl (C=O) groups excluding carboxylic acids is 1. The van der Waals surface area contributed by atoms with E-state index in [1.54, 1.807) is 6.92 Å². The first-order valence-electron chi connectivity index (χ1n) is 6.24. The molecule has 0 N–H and O–H groups in total. The van der Waals surface area contributed by atoms with Crippen LogP contribution < -0.4 is 0 Å². The zero-order valence-electron chi connectivity index (χ0n) is 10.2. The maximum absolute atomic E-state index is 11.4. The van der Waals surface area contributed by atoms with Gasteiger partial charge in [-0.15, -0.1) is 0 Å². The Morgan fingerprint density at radius 2 is 2.20 bits per heavy atom. The number of allylic oxidation sites excluding steroid dienone is 2. The minimum Gasteiger partial charge on any atom is -0.295 e. The molecule has 1 heteroatoms. The van der Waals surface area contributed by atoms with E-state index in [-0.39, 0.29) is 5.78 Å². The van der Waals surface area contributed by atoms with E-state index in [2.05, 4.69) is 19.9 Å². The molecule has 0 aliphatic heterocycles. The van der Waals surface area contributed by atoms with Gasteiger partial charge in [0.25, 0.3) is 0 Å². The smallest absolute Gasteiger partial charge is 0.155 e. The summed E-state index contributed by atoms with van der Waals surface area (Å²) in [7, 11) is 0. The molecule has 2 aliphatic carbocycles. The van der Waals surface area contributed by atoms with Gasteiger partial charge >= 0.3 is 0 Å². The zero-order valence-corrected chi connectivity index (χ0v) is 10.2. The average Bonchev–Trinajstić information content (AvgIpc) is 2.17. The number of ketones is 1. The number of Topliss-reactive ketones (excluding diaryl/α,β-unsaturated/α-hetero) is 1. The highest BCUT2D eigenvalue weighted by Gasteiger charge is 2.41. The van der Waals surface area contributed by atoms with Gasteiger partial charge in [-0.1, -0.05) is 32.8 Å². The molecule has 0 spiro atoms. The number of hydrogen-bond donors (Lipinski definition) is 0. The number of fused-ring (bicyclic) bond motifs is 1. The fourth-order valence-electron chi connectivity index (χ4n) is 3.53. The lowest BCUT2D eigenvalue weighted by Gasteiger charge is -2.47. The summed E-state index contributed by atoms with van der Waals surface area (Å²) in [6.45, 7) is 6.48. The van der Waals surface area contributed by atoms with Crippen molar-refractivity contribution in [2.75, 3.05) is 0 Å². The quantitative estimate of drug-likeness (QED) is 0.638. The molecule has 0 heterocycles. The van der Waals surface area contributed by atoms with Gasteiger partial charge in [0, 0.05) is 0 Å². The monoisotopic (exact) mass is 206 g/mol. The van der Waals surface area contributed by atoms with Gasteiger partial charge in [0.05, 0.1) is 0 Å². The first-order valence-corrected chi connectivity index (χ1v) is 6.24. The van der Waals surface area contributed by atoms with Gasteiger partial charge in [-0.3, -0.25) is 4.79 Å². The molecule has 1 fully saturated rings. The summed E-state index contributed by atoms with van der Waals surface area (Å²) >= 11 is 0. The topological polar surface area (TPSA) is 17.1 Å². The lowest BCUT2D eigenvalue weighted by Crippen LogP contribution is -2.37. The van der Waals surface area contributed by atoms with Crippen LogP contribution in [-0.2, 0) is 4.79 Å². The molecule has 84 valence electrons. The van der Waals surface area contributed by atoms with Crippen LogP contribution in [-0.4, -0.2) is 5.78 Å². The minimum atomic E-state index is 0.287. The second-order valence-corrected chi connectivity index (χ2v) is 5.80. The molecule has 0 aromatic rings. The highest BCUT2D eigenvalue weighted by Crippen LogP contribution is 2.51. The first kappa shape index (κ1) is 10.9. The van der Waals surface area contributed by atoms with Crippen molar-refractivity contribution in [3.8, 4) is 0 Å². The Balaban J connectivity index is 2.28. The molecule has 0 aromatic carbocycles. The van der Waals surface area contributed by atoms with Crippen LogP contribution in [0.1, 0.15) is 52.9 Å². The summed E-state index contributed by atoms with van der Waals surface area (Å²) in [5.41, 5.74) is 1.57. The number of carbonyl (C=O) groups is 1. The maximum atomic E-state index is 11.4. The van der Waals surface area contributed by atoms with Gasteiger partial charge < -0.3 is 0 Å². The summed E-state index contributed by atoms with van der Waals surface area (Å²) in [5, 5.41) is 0. The normalized spacial score (nSPS) is 40.6. The van der Waals surface area contributed by atoms with E-state index in [0.29, 0.717) is 11.3 Å². The Kier molecular flexibility index (Phi) is 2.74. The van der Waals surface area contributed by atoms with E-state index in [1.807, 2.05) is 0 Å². The molecule has 0 saturated heterocycles. The van der Waals surface area contributed by atoms with E-state index < -0.39 is 0 Å². The van der Waals surface area contributed by atoms with Crippen LogP contribution in [0.5, 0.6) is 0 Å². The van der Waals surface area contributed by atoms with Crippen molar-refractivity contribution < 1.29 is 4.79 Å². The Bertz CT molecular complexity index is 302. The second kappa shape index (κ2) is 3.77. The molecule has 0 bridgehead atoms. The maximum Gasteiger partial charge on any atom is 0.155 e. The molecule has 0 aromatic heterocycles. The standard InChI is InChI=1S/C14H22O/c1-10-5-4-7-14(3)8-6-12(11(2)15)9-13(10)14/h9-10,13H,4-8H2,1-3H3/t10-,13+,14-/m1/s1. The van der Waals surface area contributed by atoms with Crippen molar-refractivity contribution in [2.24, 2.45) is 17.3 Å². The summed E-state index contributed by atoms with van der Waals surface area (Å²) < 4.78 is 0. The van der Waals surface area contributed by atoms with Gasteiger partial charge in [0.1, 0.15) is 0 Å². The van der Waals surface area contributed by atoms with E-state index in [0.717, 1.165) is 17.9 Å². The van der Waals surface area contributed by atoms with Crippen LogP contribution in [0.3, 0.4) is 0 Å². The Labute approximate surface area is 92.9 Å². The van der Waals surface area contributed by atoms with Crippen LogP contribution >= 0.6 is 0 Å². The largest absolute Gasteiger partial charge is 0.295 e. The lowest BCUT2D eigenvalue weighted by atomic mass is 9.58. The predicted molar refractivity (Wildman–Crippen MR) is 62.6 cm³/mol. The van der Waals surface area contributed by atoms with Crippen molar-refractivity contribution in [1.29, 1.82) is 0 Å². The molecule has 2 rings (SSSR count). The third-order valence-corrected chi connectivity index (χ3v) is 4.62. The van der Waals surface area contributed by atoms with Crippen molar-refractivity contribution in [3.05, 3.63) is 11.6 Å². The molecule has 1 nitrogen and oxygen atoms in total. The SMILES string of the molecule is CC(=O)C1=C[C@H]2[C@H](C)CCC[C@]2(C)CC1. The molecule has 3 atom stereocenters. The third-order valence-electron chi connectivity index (χ3n) is 4.62. The van der Waals surface area contributed by atoms with E-state index >= 15 is 0 Å². The van der Waals surface area contributed by atoms with Crippen LogP contribution in [0.4, 0.5) is 0 Å². The Morgan fingerprint density at radius 3 is 2.87 bits per heavy atom. The molecule has 1 saturated carbocycles. The van der Waals surface area contributed by atoms with Crippen LogP contribution in [0, 0.1) is 17.3 Å². The first-order chi connectivity index (χ1) is 7.03. The van der Waals surface area contributed by atoms with Gasteiger partial charge in [-0.05, 0) is 49.0 Å². The fraction of sp³-hybridized carbons (Fsp3) is 0.786. The number of rotatable bonds is 1. The molecule has 2 aliphatic rings. The van der Waals surface area contributed by atoms with Gasteiger partial charge in [-0.2, -0.15) is 0 Å². The molecular weight excluding hydrogens is 184 g/mol. The third kappa shape index (κ3) is 1.89. The summed E-state index contributed by atoms with van der Waals surface area (Å²) in [6.07, 6.45) is 8.58. The molecule has 0 amide bonds. The van der Waals surface area contributed by atoms with Gasteiger partial charge in [-0.25, -0.2) is 0 Å². The lowest BCUT2D eigenvalue weighted by molar-refractivity contribution is -0.114. The highest BCUT2D eigenvalue weighted by molar-refractivity contribution is 5.93. The average molecular weight is 206 g/mol. The zero-order chi connectivity index (χ0) is 11.1. The van der Waals surface area contributed by atoms with Gasteiger partial charge in [0.2, 0.25) is 0 Å². The van der Waals surface area contributed by atoms with Gasteiger partial charge in [0.15, 0.2) is 5.78 Å². The second-order valence-electron chi connectivity index (χ2n) is 5.80. The Morgan fingerprint density at radius 1 is 1.47 bits per heavy atom. The van der Waals surface area contributed by atoms with Crippen LogP contribution in [0.25, 0.3) is 0 Å². The molecular formula is C14H22O. The van der Waals surface area contributed by atoms with Crippen LogP contribution in [0.2, 0.25) is 0 Å². The van der Waals surface area contributed by atoms with E-state index in [4.69, 9.17) is 0 Å². The van der Waals surface area contributed by atoms with E-state index in [1.165, 1.54) is 25.7 Å². The molecule has 15 heavy (non-hydrogen) atoms. The minimum absolute atomic E-state index is 0.287. The molecule has 0 radical (unpaired) electrons. The number of hydrogen-bond acceptors (Lipinski definition) is 1. The van der Waals surface area contributed by atoms with Crippen molar-refractivity contribution in [2.45, 2.75) is 52.9 Å². The Hall–Kier alpha value is -0.590. The van der Waals surface area contributed by atoms with Crippen molar-refractivity contribution in [1.82, 2.24) is 0 Å². The summed E-state index contributed by atoms with van der Waals surface area (Å²) in [6, 6.07) is 0. The highest BCUT2D eigenvalue weighted by atomic mass is 16.1. The van der Waals surface area contributed by atoms with E-state index in [9.17, 15) is 4.79 Å². The summed E-state index contributed by atoms with van der Waals surface area (Å²) in [4.78, 5) is 11.4. The fourth-order valence-corrected chi connectivity index (χ4v) is 3.53. The predicted octanol–water partition coefficient (Wildman–Crippen LogP) is 3.74.